The Kier molecular flexibility index (Phi) is 4.03. The number of nitrogens with zero attached hydrogens (tertiary/aromatic N) is 2. The van der Waals surface area contributed by atoms with Crippen molar-refractivity contribution in [2.75, 3.05) is 6.61 Å². The number of ether oxygens (including phenoxy) is 1. The van der Waals surface area contributed by atoms with Gasteiger partial charge in [-0.25, -0.2) is 4.98 Å². The molecule has 1 unspecified atom stereocenters. The van der Waals surface area contributed by atoms with Gasteiger partial charge in [0.25, 0.3) is 0 Å². The first kappa shape index (κ1) is 13.6. The molecule has 0 aliphatic carbocycles. The van der Waals surface area contributed by atoms with Gasteiger partial charge in [0.15, 0.2) is 0 Å². The maximum atomic E-state index is 5.76. The molecule has 4 heteroatoms. The fraction of sp³-hybridized carbons (Fsp3) is 0.562. The van der Waals surface area contributed by atoms with Crippen molar-refractivity contribution >= 4 is 11.0 Å². The summed E-state index contributed by atoms with van der Waals surface area (Å²) in [6, 6.07) is 6.37. The van der Waals surface area contributed by atoms with Crippen LogP contribution in [0.1, 0.15) is 37.6 Å². The lowest BCUT2D eigenvalue weighted by Gasteiger charge is -2.11. The number of benzene rings is 1. The van der Waals surface area contributed by atoms with E-state index in [2.05, 4.69) is 29.7 Å². The monoisotopic (exact) mass is 273 g/mol. The van der Waals surface area contributed by atoms with Gasteiger partial charge in [-0.05, 0) is 37.0 Å². The van der Waals surface area contributed by atoms with E-state index in [0.717, 1.165) is 49.3 Å². The summed E-state index contributed by atoms with van der Waals surface area (Å²) in [5, 5.41) is 0. The molecule has 3 rings (SSSR count). The number of hydrogen-bond acceptors (Lipinski definition) is 3. The van der Waals surface area contributed by atoms with Gasteiger partial charge < -0.3 is 15.0 Å². The van der Waals surface area contributed by atoms with E-state index in [9.17, 15) is 0 Å². The van der Waals surface area contributed by atoms with Crippen molar-refractivity contribution in [2.45, 2.75) is 51.8 Å². The number of hydrogen-bond donors (Lipinski definition) is 1. The first-order chi connectivity index (χ1) is 9.81. The van der Waals surface area contributed by atoms with Gasteiger partial charge in [0.1, 0.15) is 5.82 Å². The molecule has 2 N–H and O–H groups in total. The van der Waals surface area contributed by atoms with Crippen LogP contribution in [-0.2, 0) is 24.2 Å². The lowest BCUT2D eigenvalue weighted by Crippen LogP contribution is -2.14. The van der Waals surface area contributed by atoms with Gasteiger partial charge in [0.05, 0.1) is 17.1 Å². The number of imidazole rings is 1. The van der Waals surface area contributed by atoms with Gasteiger partial charge in [-0.15, -0.1) is 0 Å². The van der Waals surface area contributed by atoms with Crippen molar-refractivity contribution in [3.8, 4) is 0 Å². The molecule has 1 atom stereocenters. The Bertz CT molecular complexity index is 585. The molecule has 1 aliphatic heterocycles. The van der Waals surface area contributed by atoms with Gasteiger partial charge in [-0.1, -0.05) is 13.0 Å². The highest BCUT2D eigenvalue weighted by Crippen LogP contribution is 2.22. The summed E-state index contributed by atoms with van der Waals surface area (Å²) in [6.45, 7) is 4.68. The maximum Gasteiger partial charge on any atom is 0.112 e. The lowest BCUT2D eigenvalue weighted by molar-refractivity contribution is 0.109. The SMILES string of the molecule is CCCn1c(CC2CCCO2)nc2cc(CN)ccc21. The molecule has 20 heavy (non-hydrogen) atoms. The molecule has 108 valence electrons. The van der Waals surface area contributed by atoms with E-state index in [1.54, 1.807) is 0 Å². The third-order valence-corrected chi connectivity index (χ3v) is 4.01. The highest BCUT2D eigenvalue weighted by atomic mass is 16.5. The molecule has 1 fully saturated rings. The highest BCUT2D eigenvalue weighted by Gasteiger charge is 2.20. The van der Waals surface area contributed by atoms with Crippen molar-refractivity contribution < 1.29 is 4.74 Å². The van der Waals surface area contributed by atoms with E-state index < -0.39 is 0 Å². The summed E-state index contributed by atoms with van der Waals surface area (Å²) < 4.78 is 8.10. The van der Waals surface area contributed by atoms with Crippen LogP contribution < -0.4 is 5.73 Å². The van der Waals surface area contributed by atoms with Crippen molar-refractivity contribution in [3.05, 3.63) is 29.6 Å². The Morgan fingerprint density at radius 1 is 1.45 bits per heavy atom. The number of rotatable bonds is 5. The quantitative estimate of drug-likeness (QED) is 0.911. The van der Waals surface area contributed by atoms with Crippen molar-refractivity contribution in [1.82, 2.24) is 9.55 Å². The minimum absolute atomic E-state index is 0.344. The Morgan fingerprint density at radius 2 is 2.35 bits per heavy atom. The largest absolute Gasteiger partial charge is 0.378 e. The fourth-order valence-electron chi connectivity index (χ4n) is 2.99. The molecule has 1 aromatic heterocycles. The molecule has 0 amide bonds. The summed E-state index contributed by atoms with van der Waals surface area (Å²) in [6.07, 6.45) is 4.71. The van der Waals surface area contributed by atoms with E-state index in [-0.39, 0.29) is 0 Å². The number of aryl methyl sites for hydroxylation is 1. The van der Waals surface area contributed by atoms with E-state index >= 15 is 0 Å². The summed E-state index contributed by atoms with van der Waals surface area (Å²) >= 11 is 0. The summed E-state index contributed by atoms with van der Waals surface area (Å²) in [5.74, 6) is 1.16. The molecule has 2 aromatic rings. The lowest BCUT2D eigenvalue weighted by atomic mass is 10.2. The Labute approximate surface area is 119 Å². The average molecular weight is 273 g/mol. The maximum absolute atomic E-state index is 5.76. The number of fused-ring (bicyclic) bond motifs is 1. The van der Waals surface area contributed by atoms with Crippen molar-refractivity contribution in [3.63, 3.8) is 0 Å². The Balaban J connectivity index is 1.97. The van der Waals surface area contributed by atoms with Crippen molar-refractivity contribution in [2.24, 2.45) is 5.73 Å². The van der Waals surface area contributed by atoms with Crippen LogP contribution in [0.3, 0.4) is 0 Å². The summed E-state index contributed by atoms with van der Waals surface area (Å²) in [7, 11) is 0. The van der Waals surface area contributed by atoms with Crippen LogP contribution in [0.25, 0.3) is 11.0 Å². The third-order valence-electron chi connectivity index (χ3n) is 4.01. The van der Waals surface area contributed by atoms with Crippen LogP contribution in [0.4, 0.5) is 0 Å². The Morgan fingerprint density at radius 3 is 3.05 bits per heavy atom. The van der Waals surface area contributed by atoms with Crippen LogP contribution in [0.15, 0.2) is 18.2 Å². The zero-order chi connectivity index (χ0) is 13.9. The first-order valence-corrected chi connectivity index (χ1v) is 7.61. The van der Waals surface area contributed by atoms with Crippen LogP contribution >= 0.6 is 0 Å². The molecule has 1 aromatic carbocycles. The molecular weight excluding hydrogens is 250 g/mol. The highest BCUT2D eigenvalue weighted by molar-refractivity contribution is 5.77. The predicted octanol–water partition coefficient (Wildman–Crippen LogP) is 2.63. The second-order valence-corrected chi connectivity index (χ2v) is 5.55. The standard InChI is InChI=1S/C16H23N3O/c1-2-7-19-15-6-5-12(11-17)9-14(15)18-16(19)10-13-4-3-8-20-13/h5-6,9,13H,2-4,7-8,10-11,17H2,1H3. The second kappa shape index (κ2) is 5.94. The Hall–Kier alpha value is -1.39. The molecule has 2 heterocycles. The van der Waals surface area contributed by atoms with Gasteiger partial charge in [0, 0.05) is 26.1 Å². The molecule has 0 radical (unpaired) electrons. The van der Waals surface area contributed by atoms with Crippen LogP contribution in [-0.4, -0.2) is 22.3 Å². The van der Waals surface area contributed by atoms with E-state index in [1.807, 2.05) is 0 Å². The minimum Gasteiger partial charge on any atom is -0.378 e. The third kappa shape index (κ3) is 2.58. The smallest absolute Gasteiger partial charge is 0.112 e. The fourth-order valence-corrected chi connectivity index (χ4v) is 2.99. The van der Waals surface area contributed by atoms with Gasteiger partial charge in [-0.2, -0.15) is 0 Å². The van der Waals surface area contributed by atoms with Gasteiger partial charge in [0.2, 0.25) is 0 Å². The second-order valence-electron chi connectivity index (χ2n) is 5.55. The van der Waals surface area contributed by atoms with E-state index in [4.69, 9.17) is 15.5 Å². The molecule has 0 saturated carbocycles. The average Bonchev–Trinajstić information content (AvgIpc) is 3.08. The molecule has 1 saturated heterocycles. The van der Waals surface area contributed by atoms with Gasteiger partial charge in [-0.3, -0.25) is 0 Å². The van der Waals surface area contributed by atoms with Crippen LogP contribution in [0.5, 0.6) is 0 Å². The minimum atomic E-state index is 0.344. The normalized spacial score (nSPS) is 19.0. The van der Waals surface area contributed by atoms with Crippen LogP contribution in [0.2, 0.25) is 0 Å². The molecule has 4 nitrogen and oxygen atoms in total. The molecule has 0 spiro atoms. The predicted molar refractivity (Wildman–Crippen MR) is 80.6 cm³/mol. The van der Waals surface area contributed by atoms with E-state index in [1.165, 1.54) is 11.9 Å². The number of nitrogens with two attached hydrogens (primary N) is 1. The number of aromatic nitrogens is 2. The first-order valence-electron chi connectivity index (χ1n) is 7.61. The topological polar surface area (TPSA) is 53.1 Å². The summed E-state index contributed by atoms with van der Waals surface area (Å²) in [4.78, 5) is 4.83. The molecule has 1 aliphatic rings. The molecular formula is C16H23N3O. The summed E-state index contributed by atoms with van der Waals surface area (Å²) in [5.41, 5.74) is 9.15. The van der Waals surface area contributed by atoms with Gasteiger partial charge >= 0.3 is 0 Å². The van der Waals surface area contributed by atoms with Crippen molar-refractivity contribution in [1.29, 1.82) is 0 Å². The zero-order valence-corrected chi connectivity index (χ0v) is 12.1. The molecule has 0 bridgehead atoms. The van der Waals surface area contributed by atoms with E-state index in [0.29, 0.717) is 12.6 Å². The zero-order valence-electron chi connectivity index (χ0n) is 12.1. The van der Waals surface area contributed by atoms with Crippen LogP contribution in [0, 0.1) is 0 Å².